The molecule has 2 aromatic heterocycles. The number of hydrogen-bond acceptors (Lipinski definition) is 9. The van der Waals surface area contributed by atoms with E-state index in [9.17, 15) is 19.7 Å². The Kier molecular flexibility index (Phi) is 8.82. The lowest BCUT2D eigenvalue weighted by Gasteiger charge is -2.12. The van der Waals surface area contributed by atoms with Gasteiger partial charge in [0.2, 0.25) is 0 Å². The summed E-state index contributed by atoms with van der Waals surface area (Å²) in [6.45, 7) is 5.62. The average Bonchev–Trinajstić information content (AvgIpc) is 3.58. The number of ether oxygens (including phenoxy) is 3. The number of rotatable bonds is 11. The Morgan fingerprint density at radius 1 is 1.07 bits per heavy atom. The highest BCUT2D eigenvalue weighted by molar-refractivity contribution is 5.92. The number of nitro benzene ring substituents is 1. The fourth-order valence-electron chi connectivity index (χ4n) is 3.98. The van der Waals surface area contributed by atoms with Gasteiger partial charge >= 0.3 is 17.6 Å². The molecule has 0 saturated carbocycles. The van der Waals surface area contributed by atoms with Crippen LogP contribution < -0.4 is 14.9 Å². The van der Waals surface area contributed by atoms with Crippen LogP contribution in [0, 0.1) is 24.0 Å². The van der Waals surface area contributed by atoms with Gasteiger partial charge in [-0.05, 0) is 81.4 Å². The summed E-state index contributed by atoms with van der Waals surface area (Å²) >= 11 is 0. The molecule has 0 radical (unpaired) electrons. The van der Waals surface area contributed by atoms with E-state index in [1.807, 2.05) is 38.1 Å². The Morgan fingerprint density at radius 2 is 1.78 bits per heavy atom. The number of nitro groups is 1. The van der Waals surface area contributed by atoms with Gasteiger partial charge in [-0.15, -0.1) is 0 Å². The lowest BCUT2D eigenvalue weighted by Crippen LogP contribution is -2.25. The molecule has 12 heteroatoms. The first-order valence-electron chi connectivity index (χ1n) is 12.5. The number of aromatic nitrogens is 1. The predicted octanol–water partition coefficient (Wildman–Crippen LogP) is 4.88. The van der Waals surface area contributed by atoms with E-state index in [1.54, 1.807) is 6.07 Å². The zero-order valence-electron chi connectivity index (χ0n) is 22.8. The van der Waals surface area contributed by atoms with E-state index in [0.29, 0.717) is 17.1 Å². The number of carbonyl (C=O) groups excluding carboxylic acids is 2. The van der Waals surface area contributed by atoms with Gasteiger partial charge in [0.15, 0.2) is 17.6 Å². The van der Waals surface area contributed by atoms with Gasteiger partial charge in [0.05, 0.1) is 18.2 Å². The summed E-state index contributed by atoms with van der Waals surface area (Å²) in [6.07, 6.45) is 0.191. The second-order valence-corrected chi connectivity index (χ2v) is 8.97. The van der Waals surface area contributed by atoms with Crippen molar-refractivity contribution >= 4 is 23.8 Å². The van der Waals surface area contributed by atoms with E-state index >= 15 is 0 Å². The highest BCUT2D eigenvalue weighted by atomic mass is 16.6. The van der Waals surface area contributed by atoms with Crippen molar-refractivity contribution in [1.82, 2.24) is 9.99 Å². The molecule has 0 spiro atoms. The van der Waals surface area contributed by atoms with Gasteiger partial charge in [0.1, 0.15) is 18.1 Å². The lowest BCUT2D eigenvalue weighted by molar-refractivity contribution is -0.386. The Labute approximate surface area is 235 Å². The number of furan rings is 1. The molecule has 2 heterocycles. The summed E-state index contributed by atoms with van der Waals surface area (Å²) in [7, 11) is 1.19. The van der Waals surface area contributed by atoms with Crippen LogP contribution in [0.4, 0.5) is 5.69 Å². The molecule has 1 amide bonds. The SMILES string of the molecule is COC(=O)[C@@H](C)Oc1ccc(/C=N/NC(=O)c2ccc(COc3ccc(-n4c(C)ccc4C)cc3)o2)cc1[N+](=O)[O-]. The van der Waals surface area contributed by atoms with Gasteiger partial charge in [0.25, 0.3) is 0 Å². The van der Waals surface area contributed by atoms with Crippen molar-refractivity contribution in [3.63, 3.8) is 0 Å². The summed E-state index contributed by atoms with van der Waals surface area (Å²) in [5.74, 6) is -0.299. The Balaban J connectivity index is 1.32. The number of benzene rings is 2. The van der Waals surface area contributed by atoms with Gasteiger partial charge < -0.3 is 23.2 Å². The fourth-order valence-corrected chi connectivity index (χ4v) is 3.98. The van der Waals surface area contributed by atoms with Crippen LogP contribution in [0.1, 0.15) is 40.2 Å². The molecule has 2 aromatic carbocycles. The summed E-state index contributed by atoms with van der Waals surface area (Å²) in [4.78, 5) is 34.8. The second-order valence-electron chi connectivity index (χ2n) is 8.97. The molecule has 0 bridgehead atoms. The van der Waals surface area contributed by atoms with E-state index in [1.165, 1.54) is 44.5 Å². The maximum absolute atomic E-state index is 12.4. The second kappa shape index (κ2) is 12.6. The van der Waals surface area contributed by atoms with E-state index < -0.39 is 22.9 Å². The Morgan fingerprint density at radius 3 is 2.44 bits per heavy atom. The highest BCUT2D eigenvalue weighted by Gasteiger charge is 2.22. The van der Waals surface area contributed by atoms with Gasteiger partial charge in [-0.25, -0.2) is 10.2 Å². The topological polar surface area (TPSA) is 147 Å². The number of hydrogen-bond donors (Lipinski definition) is 1. The van der Waals surface area contributed by atoms with Crippen molar-refractivity contribution in [3.05, 3.63) is 105 Å². The molecule has 41 heavy (non-hydrogen) atoms. The van der Waals surface area contributed by atoms with Crippen molar-refractivity contribution in [3.8, 4) is 17.2 Å². The molecule has 0 aliphatic rings. The summed E-state index contributed by atoms with van der Waals surface area (Å²) in [5.41, 5.74) is 5.55. The molecular formula is C29H28N4O8. The average molecular weight is 561 g/mol. The molecule has 4 rings (SSSR count). The van der Waals surface area contributed by atoms with Crippen LogP contribution in [0.2, 0.25) is 0 Å². The number of hydrazone groups is 1. The van der Waals surface area contributed by atoms with Crippen molar-refractivity contribution in [2.75, 3.05) is 7.11 Å². The van der Waals surface area contributed by atoms with Gasteiger partial charge in [0, 0.05) is 28.7 Å². The number of methoxy groups -OCH3 is 1. The maximum atomic E-state index is 12.4. The number of aryl methyl sites for hydroxylation is 2. The van der Waals surface area contributed by atoms with Crippen LogP contribution >= 0.6 is 0 Å². The van der Waals surface area contributed by atoms with Gasteiger partial charge in [-0.2, -0.15) is 5.10 Å². The van der Waals surface area contributed by atoms with Crippen LogP contribution in [0.3, 0.4) is 0 Å². The van der Waals surface area contributed by atoms with Crippen LogP contribution in [0.25, 0.3) is 5.69 Å². The minimum Gasteiger partial charge on any atom is -0.486 e. The molecule has 0 fully saturated rings. The monoisotopic (exact) mass is 560 g/mol. The van der Waals surface area contributed by atoms with E-state index in [-0.39, 0.29) is 23.8 Å². The van der Waals surface area contributed by atoms with Crippen molar-refractivity contribution in [1.29, 1.82) is 0 Å². The van der Waals surface area contributed by atoms with Crippen molar-refractivity contribution in [2.24, 2.45) is 5.10 Å². The third-order valence-electron chi connectivity index (χ3n) is 6.03. The molecule has 12 nitrogen and oxygen atoms in total. The molecule has 4 aromatic rings. The van der Waals surface area contributed by atoms with Crippen LogP contribution in [-0.2, 0) is 16.1 Å². The van der Waals surface area contributed by atoms with Crippen LogP contribution in [-0.4, -0.2) is 40.8 Å². The van der Waals surface area contributed by atoms with Gasteiger partial charge in [-0.1, -0.05) is 0 Å². The Bertz CT molecular complexity index is 1570. The maximum Gasteiger partial charge on any atom is 0.346 e. The molecular weight excluding hydrogens is 532 g/mol. The molecule has 212 valence electrons. The third-order valence-corrected chi connectivity index (χ3v) is 6.03. The van der Waals surface area contributed by atoms with E-state index in [4.69, 9.17) is 13.9 Å². The lowest BCUT2D eigenvalue weighted by atomic mass is 10.2. The van der Waals surface area contributed by atoms with Gasteiger partial charge in [-0.3, -0.25) is 14.9 Å². The largest absolute Gasteiger partial charge is 0.486 e. The van der Waals surface area contributed by atoms with E-state index in [0.717, 1.165) is 17.1 Å². The zero-order valence-corrected chi connectivity index (χ0v) is 22.8. The molecule has 0 aliphatic heterocycles. The molecule has 1 atom stereocenters. The van der Waals surface area contributed by atoms with E-state index in [2.05, 4.69) is 32.0 Å². The number of nitrogens with zero attached hydrogens (tertiary/aromatic N) is 3. The number of amides is 1. The fraction of sp³-hybridized carbons (Fsp3) is 0.207. The predicted molar refractivity (Wildman–Crippen MR) is 149 cm³/mol. The normalized spacial score (nSPS) is 11.7. The van der Waals surface area contributed by atoms with Crippen molar-refractivity contribution in [2.45, 2.75) is 33.5 Å². The summed E-state index contributed by atoms with van der Waals surface area (Å²) < 4.78 is 23.4. The third kappa shape index (κ3) is 6.98. The standard InChI is InChI=1S/C29H28N4O8/c1-18-5-6-19(2)32(18)22-8-10-23(11-9-22)39-17-24-12-14-27(41-24)28(34)31-30-16-21-7-13-26(25(15-21)33(36)37)40-20(3)29(35)38-4/h5-16,20H,17H2,1-4H3,(H,31,34)/b30-16+/t20-/m1/s1. The zero-order chi connectivity index (χ0) is 29.5. The first kappa shape index (κ1) is 28.6. The first-order chi connectivity index (χ1) is 19.7. The summed E-state index contributed by atoms with van der Waals surface area (Å²) in [6, 6.07) is 18.9. The summed E-state index contributed by atoms with van der Waals surface area (Å²) in [5, 5.41) is 15.3. The van der Waals surface area contributed by atoms with Crippen LogP contribution in [0.15, 0.2) is 76.2 Å². The first-order valence-corrected chi connectivity index (χ1v) is 12.5. The number of carbonyl (C=O) groups is 2. The molecule has 0 unspecified atom stereocenters. The quantitative estimate of drug-likeness (QED) is 0.118. The Hall–Kier alpha value is -5.39. The molecule has 0 saturated heterocycles. The minimum absolute atomic E-state index is 0.0150. The minimum atomic E-state index is -1.04. The van der Waals surface area contributed by atoms with Crippen molar-refractivity contribution < 1.29 is 33.1 Å². The van der Waals surface area contributed by atoms with Crippen LogP contribution in [0.5, 0.6) is 11.5 Å². The highest BCUT2D eigenvalue weighted by Crippen LogP contribution is 2.28. The molecule has 0 aliphatic carbocycles. The number of nitrogens with one attached hydrogen (secondary N) is 1. The molecule has 1 N–H and O–H groups in total. The number of esters is 1. The smallest absolute Gasteiger partial charge is 0.346 e.